The summed E-state index contributed by atoms with van der Waals surface area (Å²) in [6, 6.07) is 14.0. The van der Waals surface area contributed by atoms with E-state index in [-0.39, 0.29) is 5.78 Å². The first-order valence-corrected chi connectivity index (χ1v) is 6.29. The van der Waals surface area contributed by atoms with Crippen molar-refractivity contribution in [3.8, 4) is 11.1 Å². The Morgan fingerprint density at radius 2 is 1.84 bits per heavy atom. The topological polar surface area (TPSA) is 30.0 Å². The number of nitrogens with zero attached hydrogens (tertiary/aromatic N) is 1. The molecule has 0 aliphatic heterocycles. The quantitative estimate of drug-likeness (QED) is 0.472. The molecule has 2 heteroatoms. The lowest BCUT2D eigenvalue weighted by atomic mass is 9.85. The van der Waals surface area contributed by atoms with Crippen LogP contribution in [0.1, 0.15) is 21.6 Å². The molecule has 0 bridgehead atoms. The van der Waals surface area contributed by atoms with Crippen molar-refractivity contribution in [3.63, 3.8) is 0 Å². The second-order valence-corrected chi connectivity index (χ2v) is 4.94. The fourth-order valence-corrected chi connectivity index (χ4v) is 2.83. The molecule has 4 rings (SSSR count). The third-order valence-electron chi connectivity index (χ3n) is 3.72. The monoisotopic (exact) mass is 245 g/mol. The third kappa shape index (κ3) is 1.31. The van der Waals surface area contributed by atoms with E-state index < -0.39 is 0 Å². The molecule has 3 aromatic rings. The standard InChI is InChI=1S/C17H11NO/c1-10-5-6-13-14(9-10)12-4-2-3-11-7-8-18-16(15(11)12)17(13)19/h2-9H,1H3. The van der Waals surface area contributed by atoms with E-state index in [2.05, 4.69) is 17.1 Å². The van der Waals surface area contributed by atoms with E-state index >= 15 is 0 Å². The van der Waals surface area contributed by atoms with Crippen molar-refractivity contribution in [3.05, 3.63) is 65.5 Å². The first kappa shape index (κ1) is 10.4. The Morgan fingerprint density at radius 1 is 0.947 bits per heavy atom. The van der Waals surface area contributed by atoms with E-state index in [4.69, 9.17) is 0 Å². The van der Waals surface area contributed by atoms with Crippen LogP contribution in [0.15, 0.2) is 48.7 Å². The summed E-state index contributed by atoms with van der Waals surface area (Å²) in [5, 5.41) is 2.05. The molecule has 0 N–H and O–H groups in total. The summed E-state index contributed by atoms with van der Waals surface area (Å²) in [6.07, 6.45) is 1.71. The lowest BCUT2D eigenvalue weighted by Gasteiger charge is -2.19. The van der Waals surface area contributed by atoms with Crippen molar-refractivity contribution in [2.75, 3.05) is 0 Å². The number of pyridine rings is 1. The van der Waals surface area contributed by atoms with Crippen LogP contribution in [0.25, 0.3) is 21.9 Å². The first-order chi connectivity index (χ1) is 9.25. The Labute approximate surface area is 110 Å². The zero-order valence-corrected chi connectivity index (χ0v) is 10.5. The van der Waals surface area contributed by atoms with Crippen LogP contribution in [0.2, 0.25) is 0 Å². The molecule has 1 aliphatic rings. The van der Waals surface area contributed by atoms with Gasteiger partial charge in [-0.15, -0.1) is 0 Å². The van der Waals surface area contributed by atoms with Gasteiger partial charge >= 0.3 is 0 Å². The summed E-state index contributed by atoms with van der Waals surface area (Å²) in [6.45, 7) is 2.05. The largest absolute Gasteiger partial charge is 0.287 e. The number of rotatable bonds is 0. The van der Waals surface area contributed by atoms with E-state index in [0.29, 0.717) is 5.69 Å². The average Bonchev–Trinajstić information content (AvgIpc) is 2.44. The molecule has 0 fully saturated rings. The molecule has 1 aliphatic carbocycles. The normalized spacial score (nSPS) is 12.6. The van der Waals surface area contributed by atoms with E-state index in [0.717, 1.165) is 33.0 Å². The highest BCUT2D eigenvalue weighted by Gasteiger charge is 2.25. The number of benzene rings is 2. The number of carbonyl (C=O) groups is 1. The van der Waals surface area contributed by atoms with Gasteiger partial charge in [0.15, 0.2) is 0 Å². The average molecular weight is 245 g/mol. The number of ketones is 1. The second kappa shape index (κ2) is 3.51. The maximum absolute atomic E-state index is 12.5. The number of fused-ring (bicyclic) bond motifs is 2. The van der Waals surface area contributed by atoms with Gasteiger partial charge in [0, 0.05) is 17.1 Å². The minimum atomic E-state index is 0.0271. The predicted molar refractivity (Wildman–Crippen MR) is 75.3 cm³/mol. The van der Waals surface area contributed by atoms with Gasteiger partial charge in [0.2, 0.25) is 5.78 Å². The highest BCUT2D eigenvalue weighted by molar-refractivity contribution is 6.24. The van der Waals surface area contributed by atoms with Crippen LogP contribution in [-0.2, 0) is 0 Å². The molecule has 0 saturated heterocycles. The van der Waals surface area contributed by atoms with Gasteiger partial charge in [-0.25, -0.2) is 0 Å². The molecule has 0 unspecified atom stereocenters. The van der Waals surface area contributed by atoms with Crippen molar-refractivity contribution >= 4 is 16.6 Å². The zero-order valence-electron chi connectivity index (χ0n) is 10.5. The number of hydrogen-bond acceptors (Lipinski definition) is 2. The van der Waals surface area contributed by atoms with Gasteiger partial charge in [-0.05, 0) is 29.5 Å². The minimum absolute atomic E-state index is 0.0271. The summed E-state index contributed by atoms with van der Waals surface area (Å²) < 4.78 is 0. The number of carbonyl (C=O) groups excluding carboxylic acids is 1. The van der Waals surface area contributed by atoms with Crippen LogP contribution in [0.4, 0.5) is 0 Å². The highest BCUT2D eigenvalue weighted by atomic mass is 16.1. The maximum Gasteiger partial charge on any atom is 0.212 e. The molecular formula is C17H11NO. The van der Waals surface area contributed by atoms with E-state index in [9.17, 15) is 4.79 Å². The fourth-order valence-electron chi connectivity index (χ4n) is 2.83. The van der Waals surface area contributed by atoms with Gasteiger partial charge < -0.3 is 0 Å². The molecule has 0 amide bonds. The minimum Gasteiger partial charge on any atom is -0.287 e. The Bertz CT molecular complexity index is 844. The molecule has 0 atom stereocenters. The SMILES string of the molecule is Cc1ccc2c(c1)-c1cccc3ccnc(c13)C2=O. The molecular weight excluding hydrogens is 234 g/mol. The third-order valence-corrected chi connectivity index (χ3v) is 3.72. The fraction of sp³-hybridized carbons (Fsp3) is 0.0588. The summed E-state index contributed by atoms with van der Waals surface area (Å²) >= 11 is 0. The van der Waals surface area contributed by atoms with Gasteiger partial charge in [0.05, 0.1) is 0 Å². The van der Waals surface area contributed by atoms with Gasteiger partial charge in [0.1, 0.15) is 5.69 Å². The number of aryl methyl sites for hydroxylation is 1. The molecule has 1 heterocycles. The zero-order chi connectivity index (χ0) is 13.0. The Morgan fingerprint density at radius 3 is 2.74 bits per heavy atom. The number of hydrogen-bond donors (Lipinski definition) is 0. The Hall–Kier alpha value is -2.48. The summed E-state index contributed by atoms with van der Waals surface area (Å²) in [5.41, 5.74) is 4.62. The summed E-state index contributed by atoms with van der Waals surface area (Å²) in [5.74, 6) is 0.0271. The molecule has 0 spiro atoms. The lowest BCUT2D eigenvalue weighted by molar-refractivity contribution is 0.103. The van der Waals surface area contributed by atoms with Crippen molar-refractivity contribution in [1.82, 2.24) is 4.98 Å². The van der Waals surface area contributed by atoms with Gasteiger partial charge in [-0.1, -0.05) is 42.0 Å². The van der Waals surface area contributed by atoms with Crippen molar-refractivity contribution < 1.29 is 4.79 Å². The van der Waals surface area contributed by atoms with Crippen molar-refractivity contribution in [2.24, 2.45) is 0 Å². The first-order valence-electron chi connectivity index (χ1n) is 6.29. The molecule has 2 nitrogen and oxygen atoms in total. The van der Waals surface area contributed by atoms with Crippen LogP contribution in [0.3, 0.4) is 0 Å². The number of aromatic nitrogens is 1. The molecule has 0 saturated carbocycles. The summed E-state index contributed by atoms with van der Waals surface area (Å²) in [7, 11) is 0. The second-order valence-electron chi connectivity index (χ2n) is 4.94. The Kier molecular flexibility index (Phi) is 1.93. The van der Waals surface area contributed by atoms with Gasteiger partial charge in [-0.2, -0.15) is 0 Å². The van der Waals surface area contributed by atoms with Gasteiger partial charge in [0.25, 0.3) is 0 Å². The van der Waals surface area contributed by atoms with E-state index in [1.807, 2.05) is 37.3 Å². The van der Waals surface area contributed by atoms with Crippen LogP contribution >= 0.6 is 0 Å². The molecule has 90 valence electrons. The predicted octanol–water partition coefficient (Wildman–Crippen LogP) is 3.75. The van der Waals surface area contributed by atoms with Gasteiger partial charge in [-0.3, -0.25) is 9.78 Å². The Balaban J connectivity index is 2.25. The molecule has 19 heavy (non-hydrogen) atoms. The summed E-state index contributed by atoms with van der Waals surface area (Å²) in [4.78, 5) is 16.8. The van der Waals surface area contributed by atoms with Crippen molar-refractivity contribution in [1.29, 1.82) is 0 Å². The van der Waals surface area contributed by atoms with E-state index in [1.165, 1.54) is 0 Å². The molecule has 2 aromatic carbocycles. The van der Waals surface area contributed by atoms with Crippen LogP contribution < -0.4 is 0 Å². The van der Waals surface area contributed by atoms with E-state index in [1.54, 1.807) is 6.20 Å². The van der Waals surface area contributed by atoms with Crippen molar-refractivity contribution in [2.45, 2.75) is 6.92 Å². The van der Waals surface area contributed by atoms with Crippen LogP contribution in [0, 0.1) is 6.92 Å². The highest BCUT2D eigenvalue weighted by Crippen LogP contribution is 2.38. The smallest absolute Gasteiger partial charge is 0.212 e. The lowest BCUT2D eigenvalue weighted by Crippen LogP contribution is -2.11. The van der Waals surface area contributed by atoms with Crippen LogP contribution in [0.5, 0.6) is 0 Å². The maximum atomic E-state index is 12.5. The van der Waals surface area contributed by atoms with Crippen LogP contribution in [-0.4, -0.2) is 10.8 Å². The molecule has 1 aromatic heterocycles. The molecule has 0 radical (unpaired) electrons.